The highest BCUT2D eigenvalue weighted by Crippen LogP contribution is 2.11. The normalized spacial score (nSPS) is 10.3. The lowest BCUT2D eigenvalue weighted by Crippen LogP contribution is -2.24. The molecule has 0 aliphatic rings. The minimum absolute atomic E-state index is 0.137. The first-order chi connectivity index (χ1) is 9.72. The molecule has 1 rings (SSSR count). The molecular formula is C16H24FNO2. The Balaban J connectivity index is 1.97. The van der Waals surface area contributed by atoms with Crippen LogP contribution in [0.3, 0.4) is 0 Å². The van der Waals surface area contributed by atoms with E-state index in [2.05, 4.69) is 12.2 Å². The highest BCUT2D eigenvalue weighted by Gasteiger charge is 2.00. The summed E-state index contributed by atoms with van der Waals surface area (Å²) in [5.41, 5.74) is 0. The summed E-state index contributed by atoms with van der Waals surface area (Å²) < 4.78 is 18.1. The van der Waals surface area contributed by atoms with Crippen molar-refractivity contribution in [1.29, 1.82) is 0 Å². The average Bonchev–Trinajstić information content (AvgIpc) is 2.45. The Hall–Kier alpha value is -1.58. The van der Waals surface area contributed by atoms with E-state index in [0.717, 1.165) is 32.1 Å². The van der Waals surface area contributed by atoms with E-state index in [0.29, 0.717) is 25.3 Å². The molecule has 1 aromatic carbocycles. The third-order valence-electron chi connectivity index (χ3n) is 2.98. The van der Waals surface area contributed by atoms with Crippen LogP contribution in [0, 0.1) is 5.82 Å². The molecule has 112 valence electrons. The van der Waals surface area contributed by atoms with Crippen molar-refractivity contribution in [2.75, 3.05) is 13.2 Å². The van der Waals surface area contributed by atoms with E-state index in [1.165, 1.54) is 12.1 Å². The predicted octanol–water partition coefficient (Wildman–Crippen LogP) is 3.68. The van der Waals surface area contributed by atoms with Gasteiger partial charge in [-0.3, -0.25) is 4.79 Å². The van der Waals surface area contributed by atoms with Gasteiger partial charge in [-0.05, 0) is 43.5 Å². The van der Waals surface area contributed by atoms with Crippen LogP contribution < -0.4 is 10.1 Å². The van der Waals surface area contributed by atoms with E-state index >= 15 is 0 Å². The Bertz CT molecular complexity index is 379. The van der Waals surface area contributed by atoms with Crippen molar-refractivity contribution in [3.05, 3.63) is 30.1 Å². The van der Waals surface area contributed by atoms with Gasteiger partial charge in [0.25, 0.3) is 0 Å². The van der Waals surface area contributed by atoms with Gasteiger partial charge in [0.2, 0.25) is 5.91 Å². The van der Waals surface area contributed by atoms with Gasteiger partial charge in [0.05, 0.1) is 6.61 Å². The van der Waals surface area contributed by atoms with E-state index in [1.807, 2.05) is 0 Å². The quantitative estimate of drug-likeness (QED) is 0.664. The fraction of sp³-hybridized carbons (Fsp3) is 0.562. The third-order valence-corrected chi connectivity index (χ3v) is 2.98. The lowest BCUT2D eigenvalue weighted by Gasteiger charge is -2.07. The molecule has 1 N–H and O–H groups in total. The Labute approximate surface area is 120 Å². The van der Waals surface area contributed by atoms with Crippen LogP contribution in [-0.4, -0.2) is 19.1 Å². The molecule has 0 aliphatic heterocycles. The lowest BCUT2D eigenvalue weighted by atomic mass is 10.2. The fourth-order valence-electron chi connectivity index (χ4n) is 1.80. The second kappa shape index (κ2) is 10.2. The largest absolute Gasteiger partial charge is 0.494 e. The zero-order valence-electron chi connectivity index (χ0n) is 12.2. The molecule has 0 aliphatic carbocycles. The summed E-state index contributed by atoms with van der Waals surface area (Å²) >= 11 is 0. The van der Waals surface area contributed by atoms with Crippen LogP contribution in [0.4, 0.5) is 4.39 Å². The molecule has 0 radical (unpaired) electrons. The van der Waals surface area contributed by atoms with Crippen molar-refractivity contribution in [2.24, 2.45) is 0 Å². The standard InChI is InChI=1S/C16H24FNO2/c1-2-3-4-7-16(19)18-12-5-6-13-20-15-10-8-14(17)9-11-15/h8-11H,2-7,12-13H2,1H3,(H,18,19). The zero-order valence-corrected chi connectivity index (χ0v) is 12.2. The summed E-state index contributed by atoms with van der Waals surface area (Å²) in [7, 11) is 0. The number of carbonyl (C=O) groups excluding carboxylic acids is 1. The summed E-state index contributed by atoms with van der Waals surface area (Å²) in [6, 6.07) is 5.99. The van der Waals surface area contributed by atoms with Crippen LogP contribution in [0.1, 0.15) is 45.4 Å². The number of hydrogen-bond acceptors (Lipinski definition) is 2. The number of halogens is 1. The van der Waals surface area contributed by atoms with Crippen LogP contribution in [0.5, 0.6) is 5.75 Å². The van der Waals surface area contributed by atoms with E-state index in [9.17, 15) is 9.18 Å². The van der Waals surface area contributed by atoms with E-state index in [4.69, 9.17) is 4.74 Å². The Morgan fingerprint density at radius 1 is 1.15 bits per heavy atom. The number of ether oxygens (including phenoxy) is 1. The van der Waals surface area contributed by atoms with Crippen molar-refractivity contribution in [1.82, 2.24) is 5.32 Å². The Morgan fingerprint density at radius 3 is 2.60 bits per heavy atom. The molecular weight excluding hydrogens is 257 g/mol. The SMILES string of the molecule is CCCCCC(=O)NCCCCOc1ccc(F)cc1. The van der Waals surface area contributed by atoms with Gasteiger partial charge in [-0.2, -0.15) is 0 Å². The topological polar surface area (TPSA) is 38.3 Å². The highest BCUT2D eigenvalue weighted by molar-refractivity contribution is 5.75. The number of unbranched alkanes of at least 4 members (excludes halogenated alkanes) is 3. The Kier molecular flexibility index (Phi) is 8.43. The van der Waals surface area contributed by atoms with Crippen molar-refractivity contribution in [2.45, 2.75) is 45.4 Å². The molecule has 0 spiro atoms. The van der Waals surface area contributed by atoms with E-state index < -0.39 is 0 Å². The van der Waals surface area contributed by atoms with Crippen molar-refractivity contribution in [3.8, 4) is 5.75 Å². The summed E-state index contributed by atoms with van der Waals surface area (Å²) in [6.45, 7) is 3.40. The van der Waals surface area contributed by atoms with Gasteiger partial charge in [-0.25, -0.2) is 4.39 Å². The van der Waals surface area contributed by atoms with Gasteiger partial charge < -0.3 is 10.1 Å². The molecule has 20 heavy (non-hydrogen) atoms. The minimum atomic E-state index is -0.261. The first-order valence-corrected chi connectivity index (χ1v) is 7.37. The first kappa shape index (κ1) is 16.5. The van der Waals surface area contributed by atoms with Gasteiger partial charge in [0.1, 0.15) is 11.6 Å². The van der Waals surface area contributed by atoms with Gasteiger partial charge in [-0.15, -0.1) is 0 Å². The number of amides is 1. The monoisotopic (exact) mass is 281 g/mol. The second-order valence-electron chi connectivity index (χ2n) is 4.82. The van der Waals surface area contributed by atoms with Gasteiger partial charge >= 0.3 is 0 Å². The lowest BCUT2D eigenvalue weighted by molar-refractivity contribution is -0.121. The van der Waals surface area contributed by atoms with Crippen molar-refractivity contribution >= 4 is 5.91 Å². The molecule has 0 bridgehead atoms. The molecule has 0 aromatic heterocycles. The fourth-order valence-corrected chi connectivity index (χ4v) is 1.80. The molecule has 4 heteroatoms. The highest BCUT2D eigenvalue weighted by atomic mass is 19.1. The molecule has 3 nitrogen and oxygen atoms in total. The maximum Gasteiger partial charge on any atom is 0.219 e. The van der Waals surface area contributed by atoms with Crippen LogP contribution >= 0.6 is 0 Å². The van der Waals surface area contributed by atoms with Crippen LogP contribution in [0.2, 0.25) is 0 Å². The summed E-state index contributed by atoms with van der Waals surface area (Å²) in [5.74, 6) is 0.552. The van der Waals surface area contributed by atoms with E-state index in [1.54, 1.807) is 12.1 Å². The zero-order chi connectivity index (χ0) is 14.6. The van der Waals surface area contributed by atoms with Gasteiger partial charge in [-0.1, -0.05) is 19.8 Å². The molecule has 0 heterocycles. The smallest absolute Gasteiger partial charge is 0.219 e. The van der Waals surface area contributed by atoms with Gasteiger partial charge in [0, 0.05) is 13.0 Å². The van der Waals surface area contributed by atoms with Crippen LogP contribution in [0.15, 0.2) is 24.3 Å². The molecule has 0 atom stereocenters. The molecule has 0 saturated carbocycles. The number of benzene rings is 1. The van der Waals surface area contributed by atoms with Gasteiger partial charge in [0.15, 0.2) is 0 Å². The van der Waals surface area contributed by atoms with E-state index in [-0.39, 0.29) is 11.7 Å². The summed E-state index contributed by atoms with van der Waals surface area (Å²) in [4.78, 5) is 11.4. The van der Waals surface area contributed by atoms with Crippen LogP contribution in [-0.2, 0) is 4.79 Å². The molecule has 1 aromatic rings. The maximum absolute atomic E-state index is 12.7. The molecule has 0 fully saturated rings. The second-order valence-corrected chi connectivity index (χ2v) is 4.82. The maximum atomic E-state index is 12.7. The number of nitrogens with one attached hydrogen (secondary N) is 1. The number of rotatable bonds is 10. The average molecular weight is 281 g/mol. The molecule has 0 unspecified atom stereocenters. The summed E-state index contributed by atoms with van der Waals surface area (Å²) in [6.07, 6.45) is 5.59. The van der Waals surface area contributed by atoms with Crippen molar-refractivity contribution in [3.63, 3.8) is 0 Å². The predicted molar refractivity (Wildman–Crippen MR) is 78.3 cm³/mol. The number of carbonyl (C=O) groups is 1. The number of hydrogen-bond donors (Lipinski definition) is 1. The first-order valence-electron chi connectivity index (χ1n) is 7.37. The Morgan fingerprint density at radius 2 is 1.90 bits per heavy atom. The molecule has 0 saturated heterocycles. The van der Waals surface area contributed by atoms with Crippen LogP contribution in [0.25, 0.3) is 0 Å². The van der Waals surface area contributed by atoms with Crippen molar-refractivity contribution < 1.29 is 13.9 Å². The summed E-state index contributed by atoms with van der Waals surface area (Å²) in [5, 5.41) is 2.90. The third kappa shape index (κ3) is 7.77. The molecule has 1 amide bonds. The minimum Gasteiger partial charge on any atom is -0.494 e.